The van der Waals surface area contributed by atoms with Crippen LogP contribution in [0.1, 0.15) is 42.0 Å². The van der Waals surface area contributed by atoms with Crippen LogP contribution in [0, 0.1) is 11.6 Å². The first kappa shape index (κ1) is 15.5. The van der Waals surface area contributed by atoms with E-state index >= 15 is 0 Å². The maximum atomic E-state index is 14.2. The average molecular weight is 349 g/mol. The first-order valence-electron chi connectivity index (χ1n) is 8.13. The van der Waals surface area contributed by atoms with Crippen LogP contribution < -0.4 is 10.2 Å². The number of anilines is 2. The Balaban J connectivity index is 1.76. The predicted octanol–water partition coefficient (Wildman–Crippen LogP) is 3.89. The number of fused-ring (bicyclic) bond motifs is 1. The fraction of sp³-hybridized carbons (Fsp3) is 0.412. The minimum atomic E-state index is -0.619. The molecule has 4 nitrogen and oxygen atoms in total. The number of nitrogens with zero attached hydrogens (tertiary/aromatic N) is 2. The zero-order valence-corrected chi connectivity index (χ0v) is 13.8. The maximum Gasteiger partial charge on any atom is 0.226 e. The SMILES string of the molecule is O=C1C[C@@H](c2c(F)cccc2F)c2sc(N3CCCCC3)nc2N1. The molecule has 0 saturated carbocycles. The molecule has 1 fully saturated rings. The summed E-state index contributed by atoms with van der Waals surface area (Å²) < 4.78 is 28.4. The molecule has 0 unspecified atom stereocenters. The lowest BCUT2D eigenvalue weighted by atomic mass is 9.91. The predicted molar refractivity (Wildman–Crippen MR) is 89.6 cm³/mol. The molecule has 0 spiro atoms. The third kappa shape index (κ3) is 2.66. The maximum absolute atomic E-state index is 14.2. The van der Waals surface area contributed by atoms with E-state index in [0.717, 1.165) is 35.9 Å². The third-order valence-corrected chi connectivity index (χ3v) is 5.81. The fourth-order valence-electron chi connectivity index (χ4n) is 3.40. The van der Waals surface area contributed by atoms with Gasteiger partial charge in [-0.3, -0.25) is 4.79 Å². The van der Waals surface area contributed by atoms with E-state index in [-0.39, 0.29) is 17.9 Å². The Bertz CT molecular complexity index is 766. The Hall–Kier alpha value is -2.02. The number of nitrogens with one attached hydrogen (secondary N) is 1. The van der Waals surface area contributed by atoms with Crippen molar-refractivity contribution in [1.82, 2.24) is 4.98 Å². The van der Waals surface area contributed by atoms with Crippen molar-refractivity contribution < 1.29 is 13.6 Å². The van der Waals surface area contributed by atoms with Crippen molar-refractivity contribution in [1.29, 1.82) is 0 Å². The van der Waals surface area contributed by atoms with Gasteiger partial charge < -0.3 is 10.2 Å². The quantitative estimate of drug-likeness (QED) is 0.895. The van der Waals surface area contributed by atoms with Gasteiger partial charge in [0.2, 0.25) is 5.91 Å². The number of rotatable bonds is 2. The molecule has 1 aromatic heterocycles. The standard InChI is InChI=1S/C17H17F2N3OS/c18-11-5-4-6-12(19)14(11)10-9-13(23)20-16-15(10)24-17(21-16)22-7-2-1-3-8-22/h4-6,10H,1-3,7-9H2,(H,20,23)/t10-/m0/s1. The van der Waals surface area contributed by atoms with E-state index in [9.17, 15) is 13.6 Å². The molecule has 1 aromatic carbocycles. The van der Waals surface area contributed by atoms with E-state index in [2.05, 4.69) is 15.2 Å². The van der Waals surface area contributed by atoms with E-state index < -0.39 is 17.6 Å². The summed E-state index contributed by atoms with van der Waals surface area (Å²) in [7, 11) is 0. The normalized spacial score (nSPS) is 20.7. The van der Waals surface area contributed by atoms with Gasteiger partial charge in [0.05, 0.1) is 4.88 Å². The lowest BCUT2D eigenvalue weighted by Gasteiger charge is -2.25. The van der Waals surface area contributed by atoms with Crippen LogP contribution in [0.15, 0.2) is 18.2 Å². The summed E-state index contributed by atoms with van der Waals surface area (Å²) in [5, 5.41) is 3.57. The van der Waals surface area contributed by atoms with E-state index in [0.29, 0.717) is 5.82 Å². The number of hydrogen-bond acceptors (Lipinski definition) is 4. The summed E-state index contributed by atoms with van der Waals surface area (Å²) in [6.45, 7) is 1.86. The zero-order valence-electron chi connectivity index (χ0n) is 13.0. The molecule has 0 radical (unpaired) electrons. The summed E-state index contributed by atoms with van der Waals surface area (Å²) >= 11 is 1.43. The number of halogens is 2. The Kier molecular flexibility index (Phi) is 3.96. The van der Waals surface area contributed by atoms with Gasteiger partial charge in [0, 0.05) is 31.0 Å². The molecule has 1 atom stereocenters. The first-order valence-corrected chi connectivity index (χ1v) is 8.94. The van der Waals surface area contributed by atoms with Crippen LogP contribution in [0.5, 0.6) is 0 Å². The summed E-state index contributed by atoms with van der Waals surface area (Å²) in [6.07, 6.45) is 3.47. The highest BCUT2D eigenvalue weighted by Gasteiger charge is 2.34. The molecule has 0 bridgehead atoms. The second-order valence-electron chi connectivity index (χ2n) is 6.20. The smallest absolute Gasteiger partial charge is 0.226 e. The highest BCUT2D eigenvalue weighted by molar-refractivity contribution is 7.16. The van der Waals surface area contributed by atoms with Gasteiger partial charge in [-0.25, -0.2) is 13.8 Å². The van der Waals surface area contributed by atoms with Gasteiger partial charge in [-0.2, -0.15) is 0 Å². The minimum Gasteiger partial charge on any atom is -0.348 e. The minimum absolute atomic E-state index is 0.0342. The van der Waals surface area contributed by atoms with Crippen molar-refractivity contribution in [3.63, 3.8) is 0 Å². The third-order valence-electron chi connectivity index (χ3n) is 4.58. The van der Waals surface area contributed by atoms with Crippen LogP contribution in [0.4, 0.5) is 19.7 Å². The summed E-state index contributed by atoms with van der Waals surface area (Å²) in [5.41, 5.74) is -0.0394. The van der Waals surface area contributed by atoms with Crippen LogP contribution in [0.2, 0.25) is 0 Å². The topological polar surface area (TPSA) is 45.2 Å². The highest BCUT2D eigenvalue weighted by Crippen LogP contribution is 2.44. The van der Waals surface area contributed by atoms with Crippen LogP contribution in [0.3, 0.4) is 0 Å². The van der Waals surface area contributed by atoms with Gasteiger partial charge in [-0.15, -0.1) is 0 Å². The fourth-order valence-corrected chi connectivity index (χ4v) is 4.59. The lowest BCUT2D eigenvalue weighted by molar-refractivity contribution is -0.116. The Labute approximate surface area is 142 Å². The van der Waals surface area contributed by atoms with Crippen LogP contribution >= 0.6 is 11.3 Å². The molecule has 1 saturated heterocycles. The average Bonchev–Trinajstić information content (AvgIpc) is 2.99. The van der Waals surface area contributed by atoms with Crippen LogP contribution in [-0.2, 0) is 4.79 Å². The van der Waals surface area contributed by atoms with Gasteiger partial charge in [0.15, 0.2) is 5.13 Å². The van der Waals surface area contributed by atoms with E-state index in [4.69, 9.17) is 0 Å². The monoisotopic (exact) mass is 349 g/mol. The number of amides is 1. The molecule has 4 rings (SSSR count). The molecule has 3 heterocycles. The molecule has 2 aliphatic rings. The van der Waals surface area contributed by atoms with Gasteiger partial charge in [-0.05, 0) is 31.4 Å². The van der Waals surface area contributed by atoms with Crippen molar-refractivity contribution in [3.8, 4) is 0 Å². The van der Waals surface area contributed by atoms with Crippen LogP contribution in [-0.4, -0.2) is 24.0 Å². The first-order chi connectivity index (χ1) is 11.6. The van der Waals surface area contributed by atoms with Gasteiger partial charge >= 0.3 is 0 Å². The number of piperidine rings is 1. The second kappa shape index (κ2) is 6.12. The molecule has 7 heteroatoms. The van der Waals surface area contributed by atoms with Crippen molar-refractivity contribution in [2.24, 2.45) is 0 Å². The number of hydrogen-bond donors (Lipinski definition) is 1. The largest absolute Gasteiger partial charge is 0.348 e. The Morgan fingerprint density at radius 3 is 2.58 bits per heavy atom. The molecule has 1 N–H and O–H groups in total. The molecule has 2 aromatic rings. The molecule has 0 aliphatic carbocycles. The van der Waals surface area contributed by atoms with E-state index in [1.807, 2.05) is 0 Å². The Morgan fingerprint density at radius 2 is 1.88 bits per heavy atom. The van der Waals surface area contributed by atoms with E-state index in [1.54, 1.807) is 0 Å². The molecule has 1 amide bonds. The molecular weight excluding hydrogens is 332 g/mol. The van der Waals surface area contributed by atoms with Crippen LogP contribution in [0.25, 0.3) is 0 Å². The lowest BCUT2D eigenvalue weighted by Crippen LogP contribution is -2.29. The molecule has 2 aliphatic heterocycles. The summed E-state index contributed by atoms with van der Waals surface area (Å²) in [6, 6.07) is 3.80. The number of carbonyl (C=O) groups excluding carboxylic acids is 1. The van der Waals surface area contributed by atoms with E-state index in [1.165, 1.54) is 36.0 Å². The van der Waals surface area contributed by atoms with Crippen molar-refractivity contribution in [3.05, 3.63) is 40.3 Å². The Morgan fingerprint density at radius 1 is 1.17 bits per heavy atom. The van der Waals surface area contributed by atoms with Gasteiger partial charge in [-0.1, -0.05) is 17.4 Å². The number of benzene rings is 1. The number of thiazole rings is 1. The highest BCUT2D eigenvalue weighted by atomic mass is 32.1. The van der Waals surface area contributed by atoms with Crippen molar-refractivity contribution in [2.75, 3.05) is 23.3 Å². The van der Waals surface area contributed by atoms with Gasteiger partial charge in [0.25, 0.3) is 0 Å². The van der Waals surface area contributed by atoms with Crippen molar-refractivity contribution >= 4 is 28.2 Å². The second-order valence-corrected chi connectivity index (χ2v) is 7.21. The number of carbonyl (C=O) groups is 1. The van der Waals surface area contributed by atoms with Gasteiger partial charge in [0.1, 0.15) is 17.5 Å². The summed E-state index contributed by atoms with van der Waals surface area (Å²) in [4.78, 5) is 19.5. The van der Waals surface area contributed by atoms with Crippen molar-refractivity contribution in [2.45, 2.75) is 31.6 Å². The molecule has 126 valence electrons. The molecular formula is C17H17F2N3OS. The summed E-state index contributed by atoms with van der Waals surface area (Å²) in [5.74, 6) is -1.66. The zero-order chi connectivity index (χ0) is 16.7. The number of aromatic nitrogens is 1. The molecule has 24 heavy (non-hydrogen) atoms.